The third-order valence-electron chi connectivity index (χ3n) is 3.72. The molecule has 0 saturated heterocycles. The predicted molar refractivity (Wildman–Crippen MR) is 96.5 cm³/mol. The average Bonchev–Trinajstić information content (AvgIpc) is 3.18. The van der Waals surface area contributed by atoms with Gasteiger partial charge in [-0.15, -0.1) is 11.3 Å². The Bertz CT molecular complexity index is 949. The number of aromatic nitrogens is 2. The number of rotatable bonds is 4. The Morgan fingerprint density at radius 3 is 2.77 bits per heavy atom. The van der Waals surface area contributed by atoms with Crippen molar-refractivity contribution in [2.75, 3.05) is 0 Å². The average molecular weight is 444 g/mol. The molecule has 1 aromatic carbocycles. The minimum atomic E-state index is -4.44. The summed E-state index contributed by atoms with van der Waals surface area (Å²) in [4.78, 5) is 13.3. The fraction of sp³-hybridized carbons (Fsp3) is 0.176. The summed E-state index contributed by atoms with van der Waals surface area (Å²) in [6, 6.07) is 6.73. The van der Waals surface area contributed by atoms with Crippen LogP contribution in [0.5, 0.6) is 0 Å². The van der Waals surface area contributed by atoms with E-state index in [1.165, 1.54) is 34.3 Å². The number of halogens is 4. The van der Waals surface area contributed by atoms with Crippen molar-refractivity contribution in [1.29, 1.82) is 0 Å². The maximum absolute atomic E-state index is 12.9. The van der Waals surface area contributed by atoms with Crippen molar-refractivity contribution in [1.82, 2.24) is 15.1 Å². The summed E-state index contributed by atoms with van der Waals surface area (Å²) >= 11 is 4.86. The number of carbonyl (C=O) groups excluding carboxylic acids is 1. The van der Waals surface area contributed by atoms with Gasteiger partial charge in [0.2, 0.25) is 0 Å². The van der Waals surface area contributed by atoms with Gasteiger partial charge in [-0.25, -0.2) is 4.68 Å². The van der Waals surface area contributed by atoms with E-state index in [1.54, 1.807) is 6.92 Å². The summed E-state index contributed by atoms with van der Waals surface area (Å²) < 4.78 is 40.9. The molecule has 0 spiro atoms. The van der Waals surface area contributed by atoms with E-state index in [4.69, 9.17) is 0 Å². The first-order valence-corrected chi connectivity index (χ1v) is 9.16. The highest BCUT2D eigenvalue weighted by Gasteiger charge is 2.30. The molecule has 26 heavy (non-hydrogen) atoms. The third kappa shape index (κ3) is 3.99. The van der Waals surface area contributed by atoms with Gasteiger partial charge in [0.05, 0.1) is 35.2 Å². The summed E-state index contributed by atoms with van der Waals surface area (Å²) in [5.41, 5.74) is 0.268. The van der Waals surface area contributed by atoms with Crippen molar-refractivity contribution in [2.45, 2.75) is 19.6 Å². The van der Waals surface area contributed by atoms with E-state index in [9.17, 15) is 18.0 Å². The number of hydrogen-bond acceptors (Lipinski definition) is 3. The molecule has 0 atom stereocenters. The highest BCUT2D eigenvalue weighted by molar-refractivity contribution is 9.10. The SMILES string of the molecule is Cc1c(C(=O)NCc2cc(Br)cs2)cnn1-c1cccc(C(F)(F)F)c1. The smallest absolute Gasteiger partial charge is 0.347 e. The van der Waals surface area contributed by atoms with Gasteiger partial charge in [0.15, 0.2) is 0 Å². The van der Waals surface area contributed by atoms with Crippen LogP contribution in [0.25, 0.3) is 5.69 Å². The molecule has 0 aliphatic rings. The number of hydrogen-bond donors (Lipinski definition) is 1. The number of nitrogens with zero attached hydrogens (tertiary/aromatic N) is 2. The molecule has 3 aromatic rings. The Kier molecular flexibility index (Phi) is 5.19. The molecule has 9 heteroatoms. The first kappa shape index (κ1) is 18.7. The van der Waals surface area contributed by atoms with E-state index in [-0.39, 0.29) is 11.6 Å². The zero-order valence-corrected chi connectivity index (χ0v) is 15.9. The van der Waals surface area contributed by atoms with E-state index in [2.05, 4.69) is 26.3 Å². The third-order valence-corrected chi connectivity index (χ3v) is 5.42. The molecular weight excluding hydrogens is 431 g/mol. The molecule has 2 heterocycles. The van der Waals surface area contributed by atoms with E-state index in [0.29, 0.717) is 17.8 Å². The molecule has 0 saturated carbocycles. The topological polar surface area (TPSA) is 46.9 Å². The fourth-order valence-corrected chi connectivity index (χ4v) is 3.81. The Labute approximate surface area is 159 Å². The molecular formula is C17H13BrF3N3OS. The molecule has 1 amide bonds. The predicted octanol–water partition coefficient (Wildman–Crippen LogP) is 4.95. The van der Waals surface area contributed by atoms with Crippen LogP contribution in [0.1, 0.15) is 26.5 Å². The summed E-state index contributed by atoms with van der Waals surface area (Å²) in [6.07, 6.45) is -3.08. The summed E-state index contributed by atoms with van der Waals surface area (Å²) in [7, 11) is 0. The number of thiophene rings is 1. The zero-order valence-electron chi connectivity index (χ0n) is 13.5. The second-order valence-electron chi connectivity index (χ2n) is 5.52. The van der Waals surface area contributed by atoms with E-state index in [1.807, 2.05) is 11.4 Å². The zero-order chi connectivity index (χ0) is 18.9. The van der Waals surface area contributed by atoms with Crippen LogP contribution in [0.15, 0.2) is 46.4 Å². The molecule has 136 valence electrons. The summed E-state index contributed by atoms with van der Waals surface area (Å²) in [5, 5.41) is 8.78. The highest BCUT2D eigenvalue weighted by Crippen LogP contribution is 2.30. The van der Waals surface area contributed by atoms with Gasteiger partial charge in [-0.2, -0.15) is 18.3 Å². The maximum Gasteiger partial charge on any atom is 0.416 e. The normalized spacial score (nSPS) is 11.6. The van der Waals surface area contributed by atoms with Gasteiger partial charge in [-0.05, 0) is 47.1 Å². The van der Waals surface area contributed by atoms with Crippen molar-refractivity contribution >= 4 is 33.2 Å². The summed E-state index contributed by atoms with van der Waals surface area (Å²) in [5.74, 6) is -0.328. The van der Waals surface area contributed by atoms with Crippen LogP contribution < -0.4 is 5.32 Å². The standard InChI is InChI=1S/C17H13BrF3N3OS/c1-10-15(16(25)22-7-14-6-12(18)9-26-14)8-23-24(10)13-4-2-3-11(5-13)17(19,20)21/h2-6,8-9H,7H2,1H3,(H,22,25). The lowest BCUT2D eigenvalue weighted by molar-refractivity contribution is -0.137. The van der Waals surface area contributed by atoms with Crippen LogP contribution >= 0.6 is 27.3 Å². The van der Waals surface area contributed by atoms with E-state index < -0.39 is 11.7 Å². The molecule has 4 nitrogen and oxygen atoms in total. The number of alkyl halides is 3. The number of amides is 1. The minimum absolute atomic E-state index is 0.249. The first-order valence-electron chi connectivity index (χ1n) is 7.49. The quantitative estimate of drug-likeness (QED) is 0.619. The summed E-state index contributed by atoms with van der Waals surface area (Å²) in [6.45, 7) is 2.01. The number of benzene rings is 1. The van der Waals surface area contributed by atoms with Gasteiger partial charge in [0, 0.05) is 14.7 Å². The largest absolute Gasteiger partial charge is 0.416 e. The van der Waals surface area contributed by atoms with Gasteiger partial charge in [-0.1, -0.05) is 6.07 Å². The Morgan fingerprint density at radius 2 is 2.12 bits per heavy atom. The molecule has 1 N–H and O–H groups in total. The van der Waals surface area contributed by atoms with Crippen molar-refractivity contribution < 1.29 is 18.0 Å². The lowest BCUT2D eigenvalue weighted by atomic mass is 10.2. The molecule has 2 aromatic heterocycles. The molecule has 0 bridgehead atoms. The lowest BCUT2D eigenvalue weighted by Gasteiger charge is -2.10. The van der Waals surface area contributed by atoms with Crippen molar-refractivity contribution in [2.24, 2.45) is 0 Å². The maximum atomic E-state index is 12.9. The van der Waals surface area contributed by atoms with Crippen molar-refractivity contribution in [3.63, 3.8) is 0 Å². The second kappa shape index (κ2) is 7.24. The van der Waals surface area contributed by atoms with Gasteiger partial charge in [-0.3, -0.25) is 4.79 Å². The van der Waals surface area contributed by atoms with Crippen LogP contribution in [0.4, 0.5) is 13.2 Å². The van der Waals surface area contributed by atoms with Crippen LogP contribution in [0.2, 0.25) is 0 Å². The van der Waals surface area contributed by atoms with Crippen molar-refractivity contribution in [3.05, 3.63) is 68.1 Å². The van der Waals surface area contributed by atoms with E-state index in [0.717, 1.165) is 21.5 Å². The fourth-order valence-electron chi connectivity index (χ4n) is 2.42. The van der Waals surface area contributed by atoms with Crippen LogP contribution in [-0.2, 0) is 12.7 Å². The monoisotopic (exact) mass is 443 g/mol. The van der Waals surface area contributed by atoms with Crippen LogP contribution in [0.3, 0.4) is 0 Å². The van der Waals surface area contributed by atoms with Crippen molar-refractivity contribution in [3.8, 4) is 5.69 Å². The molecule has 0 fully saturated rings. The number of carbonyl (C=O) groups is 1. The Hall–Kier alpha value is -2.13. The lowest BCUT2D eigenvalue weighted by Crippen LogP contribution is -2.22. The molecule has 3 rings (SSSR count). The second-order valence-corrected chi connectivity index (χ2v) is 7.43. The van der Waals surface area contributed by atoms with Gasteiger partial charge in [0.25, 0.3) is 5.91 Å². The highest BCUT2D eigenvalue weighted by atomic mass is 79.9. The molecule has 0 aliphatic heterocycles. The molecule has 0 aliphatic carbocycles. The van der Waals surface area contributed by atoms with Crippen LogP contribution in [0, 0.1) is 6.92 Å². The Morgan fingerprint density at radius 1 is 1.35 bits per heavy atom. The number of nitrogens with one attached hydrogen (secondary N) is 1. The van der Waals surface area contributed by atoms with E-state index >= 15 is 0 Å². The van der Waals surface area contributed by atoms with Gasteiger partial charge < -0.3 is 5.32 Å². The Balaban J connectivity index is 1.80. The minimum Gasteiger partial charge on any atom is -0.347 e. The van der Waals surface area contributed by atoms with Gasteiger partial charge >= 0.3 is 6.18 Å². The first-order chi connectivity index (χ1) is 12.3. The molecule has 0 unspecified atom stereocenters. The van der Waals surface area contributed by atoms with Crippen LogP contribution in [-0.4, -0.2) is 15.7 Å². The van der Waals surface area contributed by atoms with Gasteiger partial charge in [0.1, 0.15) is 0 Å². The molecule has 0 radical (unpaired) electrons.